The van der Waals surface area contributed by atoms with Crippen LogP contribution in [0, 0.1) is 10.5 Å². The first-order valence-corrected chi connectivity index (χ1v) is 9.16. The Labute approximate surface area is 165 Å². The number of carbonyl (C=O) groups is 1. The van der Waals surface area contributed by atoms with Crippen molar-refractivity contribution in [2.75, 3.05) is 12.4 Å². The number of methoxy groups -OCH3 is 1. The van der Waals surface area contributed by atoms with Gasteiger partial charge in [-0.1, -0.05) is 11.2 Å². The highest BCUT2D eigenvalue weighted by Crippen LogP contribution is 2.20. The Morgan fingerprint density at radius 3 is 2.69 bits per heavy atom. The van der Waals surface area contributed by atoms with Crippen LogP contribution in [0.3, 0.4) is 0 Å². The summed E-state index contributed by atoms with van der Waals surface area (Å²) in [6, 6.07) is 13.2. The summed E-state index contributed by atoms with van der Waals surface area (Å²) in [5.74, 6) is 1.61. The molecule has 1 N–H and O–H groups in total. The summed E-state index contributed by atoms with van der Waals surface area (Å²) in [4.78, 5) is 16.5. The summed E-state index contributed by atoms with van der Waals surface area (Å²) in [7, 11) is 1.62. The Hall–Kier alpha value is -2.42. The predicted octanol–water partition coefficient (Wildman–Crippen LogP) is 4.23. The summed E-state index contributed by atoms with van der Waals surface area (Å²) < 4.78 is 11.5. The molecule has 0 aliphatic heterocycles. The molecule has 0 saturated heterocycles. The van der Waals surface area contributed by atoms with Gasteiger partial charge in [0.05, 0.1) is 7.11 Å². The van der Waals surface area contributed by atoms with Crippen molar-refractivity contribution >= 4 is 34.2 Å². The molecule has 26 heavy (non-hydrogen) atoms. The molecule has 0 atom stereocenters. The maximum Gasteiger partial charge on any atom is 0.227 e. The SMILES string of the molecule is COc1ccc(-c2noc(CCC(=O)Nc3ccc(C)c(I)c3)n2)cc1. The third-order valence-corrected chi connectivity index (χ3v) is 5.00. The number of nitrogens with one attached hydrogen (secondary N) is 1. The van der Waals surface area contributed by atoms with Crippen LogP contribution in [0.2, 0.25) is 0 Å². The van der Waals surface area contributed by atoms with Gasteiger partial charge in [0.2, 0.25) is 17.6 Å². The highest BCUT2D eigenvalue weighted by Gasteiger charge is 2.11. The highest BCUT2D eigenvalue weighted by atomic mass is 127. The molecule has 1 heterocycles. The minimum atomic E-state index is -0.0890. The second kappa shape index (κ2) is 8.31. The number of rotatable bonds is 6. The molecule has 0 unspecified atom stereocenters. The van der Waals surface area contributed by atoms with Crippen LogP contribution in [0.5, 0.6) is 5.75 Å². The number of amides is 1. The van der Waals surface area contributed by atoms with Gasteiger partial charge in [-0.25, -0.2) is 0 Å². The zero-order chi connectivity index (χ0) is 18.5. The summed E-state index contributed by atoms with van der Waals surface area (Å²) >= 11 is 2.25. The van der Waals surface area contributed by atoms with Gasteiger partial charge in [0, 0.05) is 27.7 Å². The number of hydrogen-bond acceptors (Lipinski definition) is 5. The molecule has 0 radical (unpaired) electrons. The molecular formula is C19H18IN3O3. The third-order valence-electron chi connectivity index (χ3n) is 3.84. The number of anilines is 1. The Morgan fingerprint density at radius 2 is 2.00 bits per heavy atom. The average molecular weight is 463 g/mol. The Balaban J connectivity index is 1.56. The molecule has 3 aromatic rings. The van der Waals surface area contributed by atoms with E-state index in [1.165, 1.54) is 5.56 Å². The molecule has 0 saturated carbocycles. The Kier molecular flexibility index (Phi) is 5.87. The van der Waals surface area contributed by atoms with E-state index in [2.05, 4.69) is 38.0 Å². The topological polar surface area (TPSA) is 77.2 Å². The molecule has 1 amide bonds. The van der Waals surface area contributed by atoms with Gasteiger partial charge in [0.15, 0.2) is 0 Å². The predicted molar refractivity (Wildman–Crippen MR) is 107 cm³/mol. The van der Waals surface area contributed by atoms with E-state index >= 15 is 0 Å². The van der Waals surface area contributed by atoms with Crippen LogP contribution in [0.1, 0.15) is 17.9 Å². The van der Waals surface area contributed by atoms with Crippen molar-refractivity contribution in [2.24, 2.45) is 0 Å². The smallest absolute Gasteiger partial charge is 0.227 e. The molecule has 0 spiro atoms. The van der Waals surface area contributed by atoms with E-state index in [0.717, 1.165) is 20.6 Å². The van der Waals surface area contributed by atoms with Crippen molar-refractivity contribution < 1.29 is 14.1 Å². The fourth-order valence-corrected chi connectivity index (χ4v) is 2.84. The second-order valence-corrected chi connectivity index (χ2v) is 6.91. The lowest BCUT2D eigenvalue weighted by Crippen LogP contribution is -2.12. The molecule has 134 valence electrons. The highest BCUT2D eigenvalue weighted by molar-refractivity contribution is 14.1. The van der Waals surface area contributed by atoms with E-state index < -0.39 is 0 Å². The first-order valence-electron chi connectivity index (χ1n) is 8.08. The lowest BCUT2D eigenvalue weighted by Gasteiger charge is -2.06. The molecule has 6 nitrogen and oxygen atoms in total. The van der Waals surface area contributed by atoms with Crippen molar-refractivity contribution in [3.05, 3.63) is 57.5 Å². The second-order valence-electron chi connectivity index (χ2n) is 5.75. The van der Waals surface area contributed by atoms with Gasteiger partial charge in [-0.05, 0) is 71.5 Å². The quantitative estimate of drug-likeness (QED) is 0.554. The number of carbonyl (C=O) groups excluding carboxylic acids is 1. The molecule has 7 heteroatoms. The standard InChI is InChI=1S/C19H18IN3O3/c1-12-3-6-14(11-16(12)20)21-17(24)9-10-18-22-19(23-26-18)13-4-7-15(25-2)8-5-13/h3-8,11H,9-10H2,1-2H3,(H,21,24). The fraction of sp³-hybridized carbons (Fsp3) is 0.211. The van der Waals surface area contributed by atoms with E-state index in [1.54, 1.807) is 7.11 Å². The first-order chi connectivity index (χ1) is 12.5. The number of benzene rings is 2. The van der Waals surface area contributed by atoms with Gasteiger partial charge in [-0.2, -0.15) is 4.98 Å². The number of halogens is 1. The van der Waals surface area contributed by atoms with Crippen LogP contribution in [0.4, 0.5) is 5.69 Å². The van der Waals surface area contributed by atoms with E-state index in [4.69, 9.17) is 9.26 Å². The van der Waals surface area contributed by atoms with Gasteiger partial charge >= 0.3 is 0 Å². The van der Waals surface area contributed by atoms with Crippen molar-refractivity contribution in [3.8, 4) is 17.1 Å². The van der Waals surface area contributed by atoms with Gasteiger partial charge in [0.1, 0.15) is 5.75 Å². The number of nitrogens with zero attached hydrogens (tertiary/aromatic N) is 2. The molecule has 0 fully saturated rings. The zero-order valence-corrected chi connectivity index (χ0v) is 16.6. The molecule has 3 rings (SSSR count). The van der Waals surface area contributed by atoms with Crippen LogP contribution in [-0.4, -0.2) is 23.2 Å². The average Bonchev–Trinajstić information content (AvgIpc) is 3.12. The zero-order valence-electron chi connectivity index (χ0n) is 14.5. The minimum absolute atomic E-state index is 0.0890. The molecule has 0 aliphatic carbocycles. The summed E-state index contributed by atoms with van der Waals surface area (Å²) in [6.07, 6.45) is 0.659. The third kappa shape index (κ3) is 4.60. The number of hydrogen-bond donors (Lipinski definition) is 1. The molecule has 0 aliphatic rings. The number of aromatic nitrogens is 2. The van der Waals surface area contributed by atoms with Crippen LogP contribution in [0.15, 0.2) is 47.0 Å². The van der Waals surface area contributed by atoms with Crippen molar-refractivity contribution in [3.63, 3.8) is 0 Å². The molecular weight excluding hydrogens is 445 g/mol. The lowest BCUT2D eigenvalue weighted by molar-refractivity contribution is -0.116. The van der Waals surface area contributed by atoms with Crippen molar-refractivity contribution in [2.45, 2.75) is 19.8 Å². The van der Waals surface area contributed by atoms with E-state index in [1.807, 2.05) is 49.4 Å². The minimum Gasteiger partial charge on any atom is -0.497 e. The van der Waals surface area contributed by atoms with Crippen LogP contribution in [0.25, 0.3) is 11.4 Å². The number of aryl methyl sites for hydroxylation is 2. The van der Waals surface area contributed by atoms with E-state index in [0.29, 0.717) is 18.1 Å². The maximum atomic E-state index is 12.1. The van der Waals surface area contributed by atoms with Gasteiger partial charge < -0.3 is 14.6 Å². The normalized spacial score (nSPS) is 10.6. The van der Waals surface area contributed by atoms with E-state index in [-0.39, 0.29) is 12.3 Å². The fourth-order valence-electron chi connectivity index (χ4n) is 2.33. The van der Waals surface area contributed by atoms with Crippen LogP contribution in [-0.2, 0) is 11.2 Å². The van der Waals surface area contributed by atoms with Gasteiger partial charge in [0.25, 0.3) is 0 Å². The van der Waals surface area contributed by atoms with Gasteiger partial charge in [-0.15, -0.1) is 0 Å². The monoisotopic (exact) mass is 463 g/mol. The largest absolute Gasteiger partial charge is 0.497 e. The first kappa shape index (κ1) is 18.4. The summed E-state index contributed by atoms with van der Waals surface area (Å²) in [6.45, 7) is 2.03. The molecule has 2 aromatic carbocycles. The van der Waals surface area contributed by atoms with Crippen LogP contribution < -0.4 is 10.1 Å². The van der Waals surface area contributed by atoms with Crippen molar-refractivity contribution in [1.29, 1.82) is 0 Å². The van der Waals surface area contributed by atoms with Crippen molar-refractivity contribution in [1.82, 2.24) is 10.1 Å². The van der Waals surface area contributed by atoms with Gasteiger partial charge in [-0.3, -0.25) is 4.79 Å². The number of ether oxygens (including phenoxy) is 1. The molecule has 0 bridgehead atoms. The Morgan fingerprint density at radius 1 is 1.23 bits per heavy atom. The molecule has 1 aromatic heterocycles. The summed E-state index contributed by atoms with van der Waals surface area (Å²) in [5, 5.41) is 6.85. The summed E-state index contributed by atoms with van der Waals surface area (Å²) in [5.41, 5.74) is 2.80. The van der Waals surface area contributed by atoms with E-state index in [9.17, 15) is 4.79 Å². The Bertz CT molecular complexity index is 907. The lowest BCUT2D eigenvalue weighted by atomic mass is 10.2. The van der Waals surface area contributed by atoms with Crippen LogP contribution >= 0.6 is 22.6 Å². The maximum absolute atomic E-state index is 12.1.